The molecule has 1 saturated carbocycles. The highest BCUT2D eigenvalue weighted by molar-refractivity contribution is 5.87. The summed E-state index contributed by atoms with van der Waals surface area (Å²) >= 11 is 0. The van der Waals surface area contributed by atoms with Gasteiger partial charge in [0.2, 0.25) is 5.91 Å². The number of benzene rings is 1. The fourth-order valence-electron chi connectivity index (χ4n) is 2.68. The van der Waals surface area contributed by atoms with Gasteiger partial charge in [0, 0.05) is 12.5 Å². The Morgan fingerprint density at radius 1 is 1.14 bits per heavy atom. The zero-order valence-electron chi connectivity index (χ0n) is 11.9. The van der Waals surface area contributed by atoms with Crippen LogP contribution in [0.3, 0.4) is 0 Å². The molecular weight excluding hydrogens is 270 g/mol. The van der Waals surface area contributed by atoms with Crippen molar-refractivity contribution in [3.05, 3.63) is 35.4 Å². The SMILES string of the molecule is O=C(Cc1ccc(C(=O)O)cc1)NCC1CCCCC1O. The molecule has 1 aromatic carbocycles. The number of carbonyl (C=O) groups excluding carboxylic acids is 1. The Balaban J connectivity index is 1.80. The molecule has 5 heteroatoms. The monoisotopic (exact) mass is 291 g/mol. The maximum Gasteiger partial charge on any atom is 0.335 e. The summed E-state index contributed by atoms with van der Waals surface area (Å²) in [6.07, 6.45) is 3.85. The maximum atomic E-state index is 11.9. The van der Waals surface area contributed by atoms with Crippen molar-refractivity contribution in [2.24, 2.45) is 5.92 Å². The van der Waals surface area contributed by atoms with E-state index in [2.05, 4.69) is 5.32 Å². The second-order valence-electron chi connectivity index (χ2n) is 5.59. The summed E-state index contributed by atoms with van der Waals surface area (Å²) in [6, 6.07) is 6.29. The molecule has 0 aliphatic heterocycles. The smallest absolute Gasteiger partial charge is 0.335 e. The van der Waals surface area contributed by atoms with E-state index in [0.717, 1.165) is 31.2 Å². The van der Waals surface area contributed by atoms with Gasteiger partial charge in [0.25, 0.3) is 0 Å². The van der Waals surface area contributed by atoms with Crippen LogP contribution >= 0.6 is 0 Å². The molecule has 5 nitrogen and oxygen atoms in total. The minimum Gasteiger partial charge on any atom is -0.478 e. The number of aliphatic hydroxyl groups is 1. The molecule has 0 spiro atoms. The first-order valence-corrected chi connectivity index (χ1v) is 7.33. The predicted molar refractivity (Wildman–Crippen MR) is 78.1 cm³/mol. The summed E-state index contributed by atoms with van der Waals surface area (Å²) in [4.78, 5) is 22.6. The van der Waals surface area contributed by atoms with E-state index in [1.165, 1.54) is 12.1 Å². The van der Waals surface area contributed by atoms with E-state index in [0.29, 0.717) is 6.54 Å². The van der Waals surface area contributed by atoms with E-state index >= 15 is 0 Å². The van der Waals surface area contributed by atoms with Crippen molar-refractivity contribution in [1.29, 1.82) is 0 Å². The van der Waals surface area contributed by atoms with E-state index in [1.54, 1.807) is 12.1 Å². The number of hydrogen-bond donors (Lipinski definition) is 3. The highest BCUT2D eigenvalue weighted by atomic mass is 16.4. The Kier molecular flexibility index (Phi) is 5.33. The number of carbonyl (C=O) groups is 2. The van der Waals surface area contributed by atoms with Crippen molar-refractivity contribution in [3.63, 3.8) is 0 Å². The van der Waals surface area contributed by atoms with Crippen LogP contribution in [0.15, 0.2) is 24.3 Å². The molecule has 2 unspecified atom stereocenters. The fourth-order valence-corrected chi connectivity index (χ4v) is 2.68. The second-order valence-corrected chi connectivity index (χ2v) is 5.59. The van der Waals surface area contributed by atoms with Gasteiger partial charge in [-0.05, 0) is 30.5 Å². The van der Waals surface area contributed by atoms with Crippen LogP contribution in [0.4, 0.5) is 0 Å². The van der Waals surface area contributed by atoms with Crippen molar-refractivity contribution in [3.8, 4) is 0 Å². The van der Waals surface area contributed by atoms with Gasteiger partial charge in [-0.25, -0.2) is 4.79 Å². The lowest BCUT2D eigenvalue weighted by Gasteiger charge is -2.27. The van der Waals surface area contributed by atoms with Crippen LogP contribution in [0.25, 0.3) is 0 Å². The maximum absolute atomic E-state index is 11.9. The second kappa shape index (κ2) is 7.22. The van der Waals surface area contributed by atoms with Crippen molar-refractivity contribution in [2.45, 2.75) is 38.2 Å². The summed E-state index contributed by atoms with van der Waals surface area (Å²) in [7, 11) is 0. The van der Waals surface area contributed by atoms with E-state index in [-0.39, 0.29) is 29.9 Å². The van der Waals surface area contributed by atoms with Gasteiger partial charge >= 0.3 is 5.97 Å². The lowest BCUT2D eigenvalue weighted by Crippen LogP contribution is -2.37. The first kappa shape index (κ1) is 15.5. The number of carboxylic acid groups (broad SMARTS) is 1. The van der Waals surface area contributed by atoms with Crippen LogP contribution in [-0.4, -0.2) is 34.7 Å². The highest BCUT2D eigenvalue weighted by Crippen LogP contribution is 2.23. The van der Waals surface area contributed by atoms with Gasteiger partial charge < -0.3 is 15.5 Å². The lowest BCUT2D eigenvalue weighted by atomic mass is 9.86. The van der Waals surface area contributed by atoms with E-state index in [1.807, 2.05) is 0 Å². The number of nitrogens with one attached hydrogen (secondary N) is 1. The molecule has 0 aromatic heterocycles. The first-order chi connectivity index (χ1) is 10.1. The zero-order chi connectivity index (χ0) is 15.2. The number of hydrogen-bond acceptors (Lipinski definition) is 3. The third kappa shape index (κ3) is 4.56. The Hall–Kier alpha value is -1.88. The van der Waals surface area contributed by atoms with Gasteiger partial charge in [-0.2, -0.15) is 0 Å². The molecule has 0 saturated heterocycles. The zero-order valence-corrected chi connectivity index (χ0v) is 11.9. The molecule has 3 N–H and O–H groups in total. The Morgan fingerprint density at radius 2 is 1.81 bits per heavy atom. The lowest BCUT2D eigenvalue weighted by molar-refractivity contribution is -0.120. The van der Waals surface area contributed by atoms with Crippen LogP contribution in [0.2, 0.25) is 0 Å². The third-order valence-corrected chi connectivity index (χ3v) is 4.00. The van der Waals surface area contributed by atoms with Crippen LogP contribution in [-0.2, 0) is 11.2 Å². The number of carboxylic acids is 1. The van der Waals surface area contributed by atoms with Crippen molar-refractivity contribution in [1.82, 2.24) is 5.32 Å². The molecular formula is C16H21NO4. The van der Waals surface area contributed by atoms with Gasteiger partial charge in [0.05, 0.1) is 18.1 Å². The molecule has 1 aliphatic carbocycles. The molecule has 114 valence electrons. The fraction of sp³-hybridized carbons (Fsp3) is 0.500. The minimum absolute atomic E-state index is 0.101. The standard InChI is InChI=1S/C16H21NO4/c18-14-4-2-1-3-13(14)10-17-15(19)9-11-5-7-12(8-6-11)16(20)21/h5-8,13-14,18H,1-4,9-10H2,(H,17,19)(H,20,21). The van der Waals surface area contributed by atoms with E-state index in [9.17, 15) is 14.7 Å². The number of rotatable bonds is 5. The quantitative estimate of drug-likeness (QED) is 0.769. The van der Waals surface area contributed by atoms with Gasteiger partial charge in [0.1, 0.15) is 0 Å². The van der Waals surface area contributed by atoms with Crippen LogP contribution < -0.4 is 5.32 Å². The number of aromatic carboxylic acids is 1. The normalized spacial score (nSPS) is 21.8. The third-order valence-electron chi connectivity index (χ3n) is 4.00. The largest absolute Gasteiger partial charge is 0.478 e. The molecule has 2 rings (SSSR count). The molecule has 1 fully saturated rings. The molecule has 1 aromatic rings. The molecule has 2 atom stereocenters. The average Bonchev–Trinajstić information content (AvgIpc) is 2.47. The van der Waals surface area contributed by atoms with Gasteiger partial charge in [-0.3, -0.25) is 4.79 Å². The van der Waals surface area contributed by atoms with Crippen LogP contribution in [0.5, 0.6) is 0 Å². The molecule has 0 bridgehead atoms. The van der Waals surface area contributed by atoms with Crippen molar-refractivity contribution < 1.29 is 19.8 Å². The summed E-state index contributed by atoms with van der Waals surface area (Å²) in [6.45, 7) is 0.507. The van der Waals surface area contributed by atoms with Crippen LogP contribution in [0.1, 0.15) is 41.6 Å². The number of aliphatic hydroxyl groups excluding tert-OH is 1. The van der Waals surface area contributed by atoms with Gasteiger partial charge in [0.15, 0.2) is 0 Å². The summed E-state index contributed by atoms with van der Waals surface area (Å²) in [5, 5.41) is 21.5. The Labute approximate surface area is 124 Å². The van der Waals surface area contributed by atoms with Crippen molar-refractivity contribution >= 4 is 11.9 Å². The summed E-state index contributed by atoms with van der Waals surface area (Å²) in [5.41, 5.74) is 0.992. The Bertz CT molecular complexity index is 498. The van der Waals surface area contributed by atoms with E-state index < -0.39 is 5.97 Å². The minimum atomic E-state index is -0.975. The summed E-state index contributed by atoms with van der Waals surface area (Å²) in [5.74, 6) is -0.926. The van der Waals surface area contributed by atoms with Crippen LogP contribution in [0, 0.1) is 5.92 Å². The molecule has 1 amide bonds. The summed E-state index contributed by atoms with van der Waals surface area (Å²) < 4.78 is 0. The first-order valence-electron chi connectivity index (χ1n) is 7.33. The highest BCUT2D eigenvalue weighted by Gasteiger charge is 2.23. The predicted octanol–water partition coefficient (Wildman–Crippen LogP) is 1.59. The molecule has 0 radical (unpaired) electrons. The van der Waals surface area contributed by atoms with Crippen molar-refractivity contribution in [2.75, 3.05) is 6.54 Å². The molecule has 21 heavy (non-hydrogen) atoms. The molecule has 1 aliphatic rings. The van der Waals surface area contributed by atoms with E-state index in [4.69, 9.17) is 5.11 Å². The topological polar surface area (TPSA) is 86.6 Å². The number of amides is 1. The molecule has 0 heterocycles. The van der Waals surface area contributed by atoms with Gasteiger partial charge in [-0.15, -0.1) is 0 Å². The Morgan fingerprint density at radius 3 is 2.43 bits per heavy atom. The average molecular weight is 291 g/mol. The van der Waals surface area contributed by atoms with Gasteiger partial charge in [-0.1, -0.05) is 25.0 Å².